The van der Waals surface area contributed by atoms with Crippen LogP contribution in [-0.2, 0) is 11.3 Å². The van der Waals surface area contributed by atoms with Gasteiger partial charge < -0.3 is 15.8 Å². The van der Waals surface area contributed by atoms with Crippen LogP contribution in [0.5, 0.6) is 0 Å². The molecule has 0 aliphatic rings. The van der Waals surface area contributed by atoms with Crippen molar-refractivity contribution in [1.82, 2.24) is 0 Å². The molecule has 3 heteroatoms. The highest BCUT2D eigenvalue weighted by Crippen LogP contribution is 2.15. The molecule has 1 rings (SSSR count). The van der Waals surface area contributed by atoms with Gasteiger partial charge in [0.05, 0.1) is 6.61 Å². The Labute approximate surface area is 85.3 Å². The summed E-state index contributed by atoms with van der Waals surface area (Å²) < 4.78 is 5.11. The highest BCUT2D eigenvalue weighted by Gasteiger charge is 1.99. The molecule has 0 spiro atoms. The molecule has 14 heavy (non-hydrogen) atoms. The third kappa shape index (κ3) is 3.36. The normalized spacial score (nSPS) is 10.1. The zero-order valence-electron chi connectivity index (χ0n) is 8.62. The molecule has 78 valence electrons. The van der Waals surface area contributed by atoms with Gasteiger partial charge in [0.1, 0.15) is 0 Å². The van der Waals surface area contributed by atoms with Crippen LogP contribution in [0.2, 0.25) is 0 Å². The first kappa shape index (κ1) is 11.0. The second-order valence-corrected chi connectivity index (χ2v) is 3.16. The van der Waals surface area contributed by atoms with E-state index in [1.807, 2.05) is 12.1 Å². The Morgan fingerprint density at radius 1 is 1.36 bits per heavy atom. The van der Waals surface area contributed by atoms with Crippen LogP contribution in [0.3, 0.4) is 0 Å². The van der Waals surface area contributed by atoms with E-state index in [1.54, 1.807) is 7.11 Å². The van der Waals surface area contributed by atoms with Crippen molar-refractivity contribution in [2.24, 2.45) is 5.73 Å². The predicted octanol–water partition coefficient (Wildman–Crippen LogP) is 1.59. The Hall–Kier alpha value is -1.06. The summed E-state index contributed by atoms with van der Waals surface area (Å²) in [5.74, 6) is 0. The second kappa shape index (κ2) is 6.40. The number of hydrogen-bond acceptors (Lipinski definition) is 3. The van der Waals surface area contributed by atoms with Gasteiger partial charge in [-0.3, -0.25) is 0 Å². The number of nitrogens with one attached hydrogen (secondary N) is 1. The number of benzene rings is 1. The first-order chi connectivity index (χ1) is 6.88. The summed E-state index contributed by atoms with van der Waals surface area (Å²) in [6, 6.07) is 8.16. The summed E-state index contributed by atoms with van der Waals surface area (Å²) in [5.41, 5.74) is 7.75. The molecular formula is C11H18N2O. The van der Waals surface area contributed by atoms with E-state index < -0.39 is 0 Å². The maximum Gasteiger partial charge on any atom is 0.0733 e. The largest absolute Gasteiger partial charge is 0.385 e. The van der Waals surface area contributed by atoms with E-state index >= 15 is 0 Å². The lowest BCUT2D eigenvalue weighted by Gasteiger charge is -2.10. The van der Waals surface area contributed by atoms with Gasteiger partial charge in [-0.25, -0.2) is 0 Å². The van der Waals surface area contributed by atoms with Crippen molar-refractivity contribution in [3.05, 3.63) is 29.8 Å². The van der Waals surface area contributed by atoms with Crippen molar-refractivity contribution in [3.63, 3.8) is 0 Å². The summed E-state index contributed by atoms with van der Waals surface area (Å²) >= 11 is 0. The van der Waals surface area contributed by atoms with Crippen molar-refractivity contribution in [3.8, 4) is 0 Å². The Morgan fingerprint density at radius 2 is 2.14 bits per heavy atom. The minimum absolute atomic E-state index is 0.645. The fraction of sp³-hybridized carbons (Fsp3) is 0.455. The van der Waals surface area contributed by atoms with Gasteiger partial charge in [0.15, 0.2) is 0 Å². The lowest BCUT2D eigenvalue weighted by Crippen LogP contribution is -2.09. The number of hydrogen-bond donors (Lipinski definition) is 2. The minimum atomic E-state index is 0.645. The van der Waals surface area contributed by atoms with Crippen LogP contribution in [0.15, 0.2) is 24.3 Å². The summed E-state index contributed by atoms with van der Waals surface area (Å²) in [7, 11) is 1.71. The fourth-order valence-electron chi connectivity index (χ4n) is 1.30. The molecule has 0 radical (unpaired) electrons. The number of methoxy groups -OCH3 is 1. The van der Waals surface area contributed by atoms with Crippen LogP contribution in [0.4, 0.5) is 5.69 Å². The number of para-hydroxylation sites is 1. The quantitative estimate of drug-likeness (QED) is 0.676. The van der Waals surface area contributed by atoms with Gasteiger partial charge in [0.2, 0.25) is 0 Å². The van der Waals surface area contributed by atoms with Gasteiger partial charge in [-0.1, -0.05) is 18.2 Å². The number of ether oxygens (including phenoxy) is 1. The molecule has 0 saturated heterocycles. The molecule has 0 fully saturated rings. The molecule has 0 amide bonds. The monoisotopic (exact) mass is 194 g/mol. The van der Waals surface area contributed by atoms with E-state index in [-0.39, 0.29) is 0 Å². The van der Waals surface area contributed by atoms with E-state index in [1.165, 1.54) is 5.56 Å². The molecule has 0 aromatic heterocycles. The summed E-state index contributed by atoms with van der Waals surface area (Å²) in [6.45, 7) is 2.28. The van der Waals surface area contributed by atoms with E-state index in [9.17, 15) is 0 Å². The van der Waals surface area contributed by atoms with E-state index in [0.717, 1.165) is 25.2 Å². The third-order valence-corrected chi connectivity index (χ3v) is 2.01. The Bertz CT molecular complexity index is 263. The molecule has 1 aromatic rings. The predicted molar refractivity (Wildman–Crippen MR) is 59.3 cm³/mol. The maximum atomic E-state index is 5.42. The molecule has 0 unspecified atom stereocenters. The van der Waals surface area contributed by atoms with E-state index in [4.69, 9.17) is 10.5 Å². The zero-order chi connectivity index (χ0) is 10.2. The summed E-state index contributed by atoms with van der Waals surface area (Å²) in [6.07, 6.45) is 0.987. The molecular weight excluding hydrogens is 176 g/mol. The average Bonchev–Trinajstić information content (AvgIpc) is 2.21. The first-order valence-electron chi connectivity index (χ1n) is 4.89. The standard InChI is InChI=1S/C11H18N2O/c1-14-9-10-5-2-3-6-11(10)13-8-4-7-12/h2-3,5-6,13H,4,7-9,12H2,1H3. The highest BCUT2D eigenvalue weighted by molar-refractivity contribution is 5.50. The van der Waals surface area contributed by atoms with Crippen molar-refractivity contribution in [1.29, 1.82) is 0 Å². The van der Waals surface area contributed by atoms with Gasteiger partial charge in [0.25, 0.3) is 0 Å². The van der Waals surface area contributed by atoms with E-state index in [0.29, 0.717) is 6.61 Å². The van der Waals surface area contributed by atoms with Gasteiger partial charge in [-0.2, -0.15) is 0 Å². The second-order valence-electron chi connectivity index (χ2n) is 3.16. The van der Waals surface area contributed by atoms with Gasteiger partial charge >= 0.3 is 0 Å². The molecule has 3 nitrogen and oxygen atoms in total. The minimum Gasteiger partial charge on any atom is -0.385 e. The van der Waals surface area contributed by atoms with Crippen molar-refractivity contribution in [2.45, 2.75) is 13.0 Å². The molecule has 1 aromatic carbocycles. The van der Waals surface area contributed by atoms with E-state index in [2.05, 4.69) is 17.4 Å². The number of nitrogens with two attached hydrogens (primary N) is 1. The average molecular weight is 194 g/mol. The first-order valence-corrected chi connectivity index (χ1v) is 4.89. The molecule has 0 aliphatic carbocycles. The van der Waals surface area contributed by atoms with Crippen molar-refractivity contribution in [2.75, 3.05) is 25.5 Å². The maximum absolute atomic E-state index is 5.42. The summed E-state index contributed by atoms with van der Waals surface area (Å²) in [4.78, 5) is 0. The summed E-state index contributed by atoms with van der Waals surface area (Å²) in [5, 5.41) is 3.34. The van der Waals surface area contributed by atoms with Gasteiger partial charge in [0, 0.05) is 24.9 Å². The van der Waals surface area contributed by atoms with Crippen LogP contribution in [0, 0.1) is 0 Å². The van der Waals surface area contributed by atoms with Gasteiger partial charge in [-0.05, 0) is 19.0 Å². The third-order valence-electron chi connectivity index (χ3n) is 2.01. The SMILES string of the molecule is COCc1ccccc1NCCCN. The molecule has 0 saturated carbocycles. The van der Waals surface area contributed by atoms with Crippen LogP contribution in [0.25, 0.3) is 0 Å². The van der Waals surface area contributed by atoms with Crippen LogP contribution in [-0.4, -0.2) is 20.2 Å². The van der Waals surface area contributed by atoms with Crippen LogP contribution >= 0.6 is 0 Å². The Kier molecular flexibility index (Phi) is 5.04. The molecule has 3 N–H and O–H groups in total. The van der Waals surface area contributed by atoms with Crippen molar-refractivity contribution >= 4 is 5.69 Å². The Balaban J connectivity index is 2.55. The molecule has 0 aliphatic heterocycles. The zero-order valence-corrected chi connectivity index (χ0v) is 8.62. The molecule has 0 atom stereocenters. The lowest BCUT2D eigenvalue weighted by atomic mass is 10.2. The lowest BCUT2D eigenvalue weighted by molar-refractivity contribution is 0.185. The van der Waals surface area contributed by atoms with Crippen LogP contribution in [0.1, 0.15) is 12.0 Å². The highest BCUT2D eigenvalue weighted by atomic mass is 16.5. The Morgan fingerprint density at radius 3 is 2.86 bits per heavy atom. The van der Waals surface area contributed by atoms with Crippen LogP contribution < -0.4 is 11.1 Å². The molecule has 0 bridgehead atoms. The number of rotatable bonds is 6. The smallest absolute Gasteiger partial charge is 0.0733 e. The number of anilines is 1. The molecule has 0 heterocycles. The van der Waals surface area contributed by atoms with Crippen molar-refractivity contribution < 1.29 is 4.74 Å². The van der Waals surface area contributed by atoms with Gasteiger partial charge in [-0.15, -0.1) is 0 Å². The fourth-order valence-corrected chi connectivity index (χ4v) is 1.30. The topological polar surface area (TPSA) is 47.3 Å².